The number of hydrogen-bond donors (Lipinski definition) is 0. The molecule has 149 heavy (non-hydrogen) atoms. The summed E-state index contributed by atoms with van der Waals surface area (Å²) in [5, 5.41) is 0. The Balaban J connectivity index is 0.000000221. The lowest BCUT2D eigenvalue weighted by Crippen LogP contribution is -2.23. The summed E-state index contributed by atoms with van der Waals surface area (Å²) in [5.41, 5.74) is 2.56. The van der Waals surface area contributed by atoms with Gasteiger partial charge in [0.1, 0.15) is 51.6 Å². The minimum Gasteiger partial charge on any atom is -0.497 e. The molecule has 784 valence electrons. The summed E-state index contributed by atoms with van der Waals surface area (Å²) >= 11 is 0. The minimum atomic E-state index is -4.98. The van der Waals surface area contributed by atoms with Gasteiger partial charge in [-0.25, -0.2) is 52.3 Å². The summed E-state index contributed by atoms with van der Waals surface area (Å²) in [6.07, 6.45) is 11.3. The molecule has 0 spiro atoms. The van der Waals surface area contributed by atoms with Crippen molar-refractivity contribution < 1.29 is 159 Å². The molecule has 0 N–H and O–H groups in total. The molecule has 0 radical (unpaired) electrons. The Hall–Kier alpha value is -16.8. The van der Waals surface area contributed by atoms with Gasteiger partial charge in [0, 0.05) is 24.3 Å². The van der Waals surface area contributed by atoms with Gasteiger partial charge in [-0.1, -0.05) is 142 Å². The molecule has 12 rings (SSSR count). The Morgan fingerprint density at radius 3 is 1.01 bits per heavy atom. The lowest BCUT2D eigenvalue weighted by molar-refractivity contribution is -0.142. The van der Waals surface area contributed by atoms with Crippen molar-refractivity contribution in [2.24, 2.45) is 5.92 Å². The van der Waals surface area contributed by atoms with Gasteiger partial charge in [-0.3, -0.25) is 0 Å². The fourth-order valence-electron chi connectivity index (χ4n) is 14.1. The van der Waals surface area contributed by atoms with Crippen LogP contribution in [0.3, 0.4) is 0 Å². The number of hydrogen-bond acceptors (Lipinski definition) is 27. The smallest absolute Gasteiger partial charge is 0.422 e. The first-order chi connectivity index (χ1) is 71.5. The van der Waals surface area contributed by atoms with Gasteiger partial charge in [0.25, 0.3) is 0 Å². The van der Waals surface area contributed by atoms with E-state index in [0.29, 0.717) is 67.1 Å². The molecule has 27 nitrogen and oxygen atoms in total. The van der Waals surface area contributed by atoms with Crippen LogP contribution in [0.15, 0.2) is 286 Å². The highest BCUT2D eigenvalue weighted by molar-refractivity contribution is 5.97. The first-order valence-electron chi connectivity index (χ1n) is 47.7. The van der Waals surface area contributed by atoms with Crippen molar-refractivity contribution in [2.45, 2.75) is 150 Å². The zero-order valence-corrected chi connectivity index (χ0v) is 83.3. The zero-order chi connectivity index (χ0) is 108. The number of ether oxygens (including phenoxy) is 17. The number of methoxy groups -OCH3 is 2. The maximum atomic E-state index is 14.7. The average molecular weight is 2060 g/mol. The van der Waals surface area contributed by atoms with Crippen LogP contribution in [0.2, 0.25) is 0 Å². The van der Waals surface area contributed by atoms with E-state index in [-0.39, 0.29) is 91.4 Å². The van der Waals surface area contributed by atoms with Crippen LogP contribution >= 0.6 is 0 Å². The zero-order valence-electron chi connectivity index (χ0n) is 83.3. The molecule has 1 aliphatic carbocycles. The van der Waals surface area contributed by atoms with Gasteiger partial charge in [0.05, 0.1) is 80.6 Å². The second-order valence-corrected chi connectivity index (χ2v) is 32.9. The number of esters is 10. The van der Waals surface area contributed by atoms with Crippen LogP contribution in [0.1, 0.15) is 211 Å². The van der Waals surface area contributed by atoms with E-state index in [1.807, 2.05) is 69.3 Å². The molecule has 11 aromatic carbocycles. The van der Waals surface area contributed by atoms with Crippen molar-refractivity contribution in [2.75, 3.05) is 47.3 Å². The summed E-state index contributed by atoms with van der Waals surface area (Å²) in [6, 6.07) is 59.5. The van der Waals surface area contributed by atoms with E-state index < -0.39 is 100 Å². The van der Waals surface area contributed by atoms with E-state index in [2.05, 4.69) is 40.2 Å². The molecule has 0 bridgehead atoms. The summed E-state index contributed by atoms with van der Waals surface area (Å²) in [5.74, 6) is -11.7. The summed E-state index contributed by atoms with van der Waals surface area (Å²) in [6.45, 7) is 25.7. The number of alkyl halides is 3. The summed E-state index contributed by atoms with van der Waals surface area (Å²) in [7, 11) is 2.71. The largest absolute Gasteiger partial charge is 0.497 e. The van der Waals surface area contributed by atoms with Crippen molar-refractivity contribution in [3.63, 3.8) is 0 Å². The van der Waals surface area contributed by atoms with Gasteiger partial charge in [0.2, 0.25) is 17.5 Å². The summed E-state index contributed by atoms with van der Waals surface area (Å²) < 4.78 is 182. The van der Waals surface area contributed by atoms with Crippen molar-refractivity contribution in [3.05, 3.63) is 331 Å². The van der Waals surface area contributed by atoms with Crippen LogP contribution in [0.4, 0.5) is 30.7 Å². The monoisotopic (exact) mass is 2060 g/mol. The Morgan fingerprint density at radius 1 is 0.289 bits per heavy atom. The normalized spacial score (nSPS) is 12.2. The molecule has 1 aliphatic rings. The predicted octanol–water partition coefficient (Wildman–Crippen LogP) is 26.7. The highest BCUT2D eigenvalue weighted by Crippen LogP contribution is 2.42. The van der Waals surface area contributed by atoms with E-state index >= 15 is 0 Å². The molecular formula is C115H113F7O27. The molecule has 0 saturated heterocycles. The van der Waals surface area contributed by atoms with Crippen LogP contribution in [-0.2, 0) is 19.2 Å². The second kappa shape index (κ2) is 59.0. The average Bonchev–Trinajstić information content (AvgIpc) is 0.832. The van der Waals surface area contributed by atoms with Gasteiger partial charge >= 0.3 is 65.9 Å². The van der Waals surface area contributed by atoms with E-state index in [4.69, 9.17) is 80.5 Å². The fraction of sp³-hybridized carbons (Fsp3) is 0.270. The first kappa shape index (κ1) is 116. The lowest BCUT2D eigenvalue weighted by atomic mass is 9.77. The number of rotatable bonds is 45. The Kier molecular flexibility index (Phi) is 45.8. The SMILES string of the molecule is C=C(C(=O)Oc1cc(OC(=O)c2ccc(OC(=O)c3ccc(OC)cc3)cc2)ccc1OC)C(F)(F)F.C=C(F)C(=O)Oc1cc(OC(=O)c2ccc(-c3ccc(OCC)cc3)cc2)ccc1OCC.C=C(F)C(=O)Oc1cc(OC(=O)c2ccc(C3CCC(CCC)CC3)cc2)ccc1OCCCCCCC.C=C(F)C(=O)Oc1cc(OC(=O)c2ccc(OC(=O)c3ccc(OCCCC)cc3)c(F)c2)ccc1OCCCC. The predicted molar refractivity (Wildman–Crippen MR) is 538 cm³/mol. The first-order valence-corrected chi connectivity index (χ1v) is 47.7. The molecule has 0 amide bonds. The van der Waals surface area contributed by atoms with E-state index in [9.17, 15) is 78.7 Å². The maximum Gasteiger partial charge on any atom is 0.422 e. The van der Waals surface area contributed by atoms with E-state index in [1.54, 1.807) is 67.6 Å². The standard InChI is InChI=1S/C32H41FO5.C31H30F2O8.C26H19F3O8.C26H23FO6/c1-4-6-7-8-9-21-36-29-20-19-28(22-30(29)38-31(34)23(3)33)37-32(35)27-17-15-26(16-18-27)25-13-11-24(10-5-2)12-14-25;1-4-6-16-37-23-11-8-21(9-12-23)30(35)40-26-14-10-22(18-25(26)33)31(36)39-24-13-15-27(38-17-7-5-2)28(19-24)41-29(34)20(3)32;1-15(26(27,28)29)23(30)37-22-14-20(12-13-21(22)34-3)36-25(32)17-6-10-19(11-7-17)35-24(31)16-4-8-18(33-2)9-5-16;1-4-30-21-12-10-19(11-13-21)18-6-8-20(9-7-18)26(29)32-22-14-15-23(31-5-2)24(16-22)33-25(28)17(3)27/h15-20,22,24-25H,3-14,21H2,1-2H3;8-15,18-19H,3-7,16-17H2,1-2H3;4-14H,1H2,2-3H3;6-16H,3-5H2,1-2H3. The molecule has 0 atom stereocenters. The maximum absolute atomic E-state index is 14.7. The second-order valence-electron chi connectivity index (χ2n) is 32.9. The molecule has 0 aliphatic heterocycles. The number of benzene rings is 11. The molecule has 0 aromatic heterocycles. The van der Waals surface area contributed by atoms with E-state index in [1.165, 1.54) is 168 Å². The third kappa shape index (κ3) is 37.0. The fourth-order valence-corrected chi connectivity index (χ4v) is 14.1. The highest BCUT2D eigenvalue weighted by atomic mass is 19.4. The molecule has 0 unspecified atom stereocenters. The van der Waals surface area contributed by atoms with Gasteiger partial charge < -0.3 is 80.5 Å². The van der Waals surface area contributed by atoms with Gasteiger partial charge in [-0.15, -0.1) is 0 Å². The molecular weight excluding hydrogens is 1950 g/mol. The Labute approximate surface area is 857 Å². The van der Waals surface area contributed by atoms with Crippen LogP contribution in [0, 0.1) is 11.7 Å². The quantitative estimate of drug-likeness (QED) is 0.0112. The number of unbranched alkanes of at least 4 members (excludes halogenated alkanes) is 6. The Morgan fingerprint density at radius 2 is 0.611 bits per heavy atom. The third-order valence-electron chi connectivity index (χ3n) is 22.0. The van der Waals surface area contributed by atoms with Crippen LogP contribution in [0.5, 0.6) is 97.7 Å². The van der Waals surface area contributed by atoms with Crippen LogP contribution < -0.4 is 80.5 Å². The topological polar surface area (TPSA) is 328 Å². The number of halogens is 7. The molecule has 0 heterocycles. The number of carbonyl (C=O) groups is 10. The van der Waals surface area contributed by atoms with Gasteiger partial charge in [-0.05, 0) is 263 Å². The molecule has 11 aromatic rings. The van der Waals surface area contributed by atoms with Gasteiger partial charge in [-0.2, -0.15) is 26.3 Å². The van der Waals surface area contributed by atoms with Crippen molar-refractivity contribution >= 4 is 59.7 Å². The number of carbonyl (C=O) groups excluding carboxylic acids is 10. The lowest BCUT2D eigenvalue weighted by Gasteiger charge is -2.28. The van der Waals surface area contributed by atoms with Crippen molar-refractivity contribution in [1.29, 1.82) is 0 Å². The molecule has 34 heteroatoms. The summed E-state index contributed by atoms with van der Waals surface area (Å²) in [4.78, 5) is 122. The molecule has 1 fully saturated rings. The molecule has 1 saturated carbocycles. The Bertz CT molecular complexity index is 6440. The van der Waals surface area contributed by atoms with Crippen molar-refractivity contribution in [1.82, 2.24) is 0 Å². The minimum absolute atomic E-state index is 0.0262. The van der Waals surface area contributed by atoms with Crippen molar-refractivity contribution in [3.8, 4) is 109 Å². The van der Waals surface area contributed by atoms with Crippen LogP contribution in [0.25, 0.3) is 11.1 Å². The van der Waals surface area contributed by atoms with Crippen LogP contribution in [-0.4, -0.2) is 113 Å². The third-order valence-corrected chi connectivity index (χ3v) is 22.0. The van der Waals surface area contributed by atoms with Gasteiger partial charge in [0.15, 0.2) is 57.6 Å². The van der Waals surface area contributed by atoms with E-state index in [0.717, 1.165) is 98.4 Å². The highest BCUT2D eigenvalue weighted by Gasteiger charge is 2.39.